The van der Waals surface area contributed by atoms with Crippen molar-refractivity contribution in [3.8, 4) is 11.4 Å². The number of benzene rings is 1. The number of aromatic nitrogens is 2. The fourth-order valence-corrected chi connectivity index (χ4v) is 4.56. The number of sulfonamides is 1. The van der Waals surface area contributed by atoms with Gasteiger partial charge in [-0.05, 0) is 30.9 Å². The van der Waals surface area contributed by atoms with E-state index in [0.29, 0.717) is 37.2 Å². The first-order valence-electron chi connectivity index (χ1n) is 9.73. The molecule has 0 radical (unpaired) electrons. The number of piperidine rings is 1. The maximum atomic E-state index is 13.2. The van der Waals surface area contributed by atoms with Crippen LogP contribution in [0, 0.1) is 5.82 Å². The topological polar surface area (TPSA) is 114 Å². The summed E-state index contributed by atoms with van der Waals surface area (Å²) in [5.74, 6) is -0.390. The van der Waals surface area contributed by atoms with Crippen molar-refractivity contribution in [2.75, 3.05) is 27.0 Å². The molecule has 1 aliphatic rings. The van der Waals surface area contributed by atoms with Crippen LogP contribution in [-0.4, -0.2) is 67.9 Å². The van der Waals surface area contributed by atoms with Crippen molar-refractivity contribution in [3.05, 3.63) is 48.0 Å². The highest BCUT2D eigenvalue weighted by atomic mass is 32.2. The maximum absolute atomic E-state index is 13.2. The highest BCUT2D eigenvalue weighted by molar-refractivity contribution is 7.88. The number of hydroxylamine groups is 2. The number of hydrogen-bond donors (Lipinski definition) is 2. The Kier molecular flexibility index (Phi) is 6.99. The predicted molar refractivity (Wildman–Crippen MR) is 113 cm³/mol. The van der Waals surface area contributed by atoms with Gasteiger partial charge in [-0.15, -0.1) is 0 Å². The summed E-state index contributed by atoms with van der Waals surface area (Å²) in [6.45, 7) is 0.303. The molecular weight excluding hydrogens is 425 g/mol. The van der Waals surface area contributed by atoms with Crippen LogP contribution in [0.1, 0.15) is 18.4 Å². The lowest BCUT2D eigenvalue weighted by molar-refractivity contribution is -0.177. The Labute approximate surface area is 181 Å². The molecule has 1 aromatic carbocycles. The molecule has 0 spiro atoms. The van der Waals surface area contributed by atoms with Crippen LogP contribution in [0.4, 0.5) is 4.39 Å². The molecule has 2 N–H and O–H groups in total. The van der Waals surface area contributed by atoms with Gasteiger partial charge >= 0.3 is 0 Å². The number of nitrogens with zero attached hydrogens (tertiary/aromatic N) is 3. The minimum atomic E-state index is -3.35. The van der Waals surface area contributed by atoms with Crippen molar-refractivity contribution in [2.45, 2.75) is 30.8 Å². The van der Waals surface area contributed by atoms with Crippen LogP contribution in [0.25, 0.3) is 11.4 Å². The molecule has 0 bridgehead atoms. The Morgan fingerprint density at radius 3 is 2.68 bits per heavy atom. The van der Waals surface area contributed by atoms with Gasteiger partial charge < -0.3 is 5.32 Å². The van der Waals surface area contributed by atoms with E-state index in [1.165, 1.54) is 19.2 Å². The number of nitrogens with one attached hydrogen (secondary N) is 2. The van der Waals surface area contributed by atoms with Gasteiger partial charge in [-0.25, -0.2) is 32.6 Å². The maximum Gasteiger partial charge on any atom is 0.266 e. The Balaban J connectivity index is 1.85. The quantitative estimate of drug-likeness (QED) is 0.601. The third kappa shape index (κ3) is 5.82. The van der Waals surface area contributed by atoms with Gasteiger partial charge in [0.15, 0.2) is 11.6 Å². The van der Waals surface area contributed by atoms with Gasteiger partial charge in [-0.1, -0.05) is 18.2 Å². The number of halogens is 1. The zero-order valence-corrected chi connectivity index (χ0v) is 18.4. The first-order chi connectivity index (χ1) is 14.6. The highest BCUT2D eigenvalue weighted by Gasteiger charge is 2.44. The molecule has 2 aromatic rings. The number of likely N-dealkylation sites (N-methyl/N-ethyl adjacent to an activating group) is 1. The molecule has 1 amide bonds. The molecule has 1 saturated heterocycles. The van der Waals surface area contributed by atoms with Crippen molar-refractivity contribution >= 4 is 15.9 Å². The Hall–Kier alpha value is -2.47. The van der Waals surface area contributed by atoms with E-state index in [0.717, 1.165) is 24.2 Å². The largest absolute Gasteiger partial charge is 0.301 e. The Morgan fingerprint density at radius 1 is 1.39 bits per heavy atom. The van der Waals surface area contributed by atoms with E-state index < -0.39 is 21.4 Å². The van der Waals surface area contributed by atoms with Crippen LogP contribution in [0.5, 0.6) is 0 Å². The van der Waals surface area contributed by atoms with Gasteiger partial charge in [-0.2, -0.15) is 0 Å². The van der Waals surface area contributed by atoms with Crippen LogP contribution in [0.15, 0.2) is 36.7 Å². The molecule has 0 aliphatic carbocycles. The summed E-state index contributed by atoms with van der Waals surface area (Å²) in [4.78, 5) is 26.3. The molecule has 31 heavy (non-hydrogen) atoms. The molecule has 0 saturated carbocycles. The molecule has 2 heterocycles. The van der Waals surface area contributed by atoms with Crippen LogP contribution in [0.2, 0.25) is 0 Å². The average molecular weight is 452 g/mol. The summed E-state index contributed by atoms with van der Waals surface area (Å²) in [7, 11) is -0.402. The minimum absolute atomic E-state index is 0.253. The molecule has 1 fully saturated rings. The standard InChI is InChI=1S/C20H26FN5O4S/c1-26(30-2)19(27)20(8-7-17(13-24-20)25-31(3,28)29)10-14-5-4-6-15(9-14)18-22-11-16(21)12-23-18/h4-6,9,11-12,17,24-25H,7-8,10,13H2,1-3H3/t17-,20-/m1/s1. The van der Waals surface area contributed by atoms with E-state index in [-0.39, 0.29) is 11.9 Å². The van der Waals surface area contributed by atoms with E-state index in [1.54, 1.807) is 0 Å². The van der Waals surface area contributed by atoms with Crippen molar-refractivity contribution in [3.63, 3.8) is 0 Å². The van der Waals surface area contributed by atoms with E-state index in [4.69, 9.17) is 4.84 Å². The van der Waals surface area contributed by atoms with Gasteiger partial charge in [0, 0.05) is 25.2 Å². The van der Waals surface area contributed by atoms with Gasteiger partial charge in [-0.3, -0.25) is 9.63 Å². The van der Waals surface area contributed by atoms with Crippen molar-refractivity contribution < 1.29 is 22.4 Å². The zero-order chi connectivity index (χ0) is 22.6. The molecule has 168 valence electrons. The number of carbonyl (C=O) groups excluding carboxylic acids is 1. The smallest absolute Gasteiger partial charge is 0.266 e. The second-order valence-electron chi connectivity index (χ2n) is 7.68. The minimum Gasteiger partial charge on any atom is -0.301 e. The Bertz CT molecular complexity index is 1020. The SMILES string of the molecule is CON(C)C(=O)[C@]1(Cc2cccc(-c3ncc(F)cn3)c2)CC[C@@H](NS(C)(=O)=O)CN1. The molecule has 1 aliphatic heterocycles. The number of hydrogen-bond acceptors (Lipinski definition) is 7. The van der Waals surface area contributed by atoms with Gasteiger partial charge in [0.25, 0.3) is 5.91 Å². The third-order valence-electron chi connectivity index (χ3n) is 5.27. The Morgan fingerprint density at radius 2 is 2.10 bits per heavy atom. The summed E-state index contributed by atoms with van der Waals surface area (Å²) in [6.07, 6.45) is 4.56. The fourth-order valence-electron chi connectivity index (χ4n) is 3.76. The van der Waals surface area contributed by atoms with E-state index in [9.17, 15) is 17.6 Å². The van der Waals surface area contributed by atoms with E-state index in [1.807, 2.05) is 24.3 Å². The highest BCUT2D eigenvalue weighted by Crippen LogP contribution is 2.28. The number of carbonyl (C=O) groups is 1. The second kappa shape index (κ2) is 9.35. The molecular formula is C20H26FN5O4S. The average Bonchev–Trinajstić information content (AvgIpc) is 2.74. The van der Waals surface area contributed by atoms with Crippen molar-refractivity contribution in [1.29, 1.82) is 0 Å². The van der Waals surface area contributed by atoms with E-state index >= 15 is 0 Å². The molecule has 0 unspecified atom stereocenters. The molecule has 9 nitrogen and oxygen atoms in total. The predicted octanol–water partition coefficient (Wildman–Crippen LogP) is 0.885. The molecule has 11 heteroatoms. The zero-order valence-electron chi connectivity index (χ0n) is 17.6. The normalized spacial score (nSPS) is 21.6. The lowest BCUT2D eigenvalue weighted by Gasteiger charge is -2.41. The summed E-state index contributed by atoms with van der Waals surface area (Å²) >= 11 is 0. The van der Waals surface area contributed by atoms with Crippen LogP contribution < -0.4 is 10.0 Å². The first kappa shape index (κ1) is 23.2. The summed E-state index contributed by atoms with van der Waals surface area (Å²) in [5.41, 5.74) is 0.584. The van der Waals surface area contributed by atoms with Gasteiger partial charge in [0.2, 0.25) is 10.0 Å². The van der Waals surface area contributed by atoms with Crippen molar-refractivity contribution in [2.24, 2.45) is 0 Å². The number of rotatable bonds is 7. The lowest BCUT2D eigenvalue weighted by atomic mass is 9.81. The first-order valence-corrected chi connectivity index (χ1v) is 11.6. The molecule has 3 rings (SSSR count). The van der Waals surface area contributed by atoms with Crippen LogP contribution in [-0.2, 0) is 26.1 Å². The molecule has 1 aromatic heterocycles. The summed E-state index contributed by atoms with van der Waals surface area (Å²) in [6, 6.07) is 7.08. The van der Waals surface area contributed by atoms with E-state index in [2.05, 4.69) is 20.0 Å². The monoisotopic (exact) mass is 451 g/mol. The summed E-state index contributed by atoms with van der Waals surface area (Å²) in [5, 5.41) is 4.43. The summed E-state index contributed by atoms with van der Waals surface area (Å²) < 4.78 is 38.9. The lowest BCUT2D eigenvalue weighted by Crippen LogP contribution is -2.64. The van der Waals surface area contributed by atoms with Gasteiger partial charge in [0.1, 0.15) is 5.54 Å². The van der Waals surface area contributed by atoms with Gasteiger partial charge in [0.05, 0.1) is 25.8 Å². The second-order valence-corrected chi connectivity index (χ2v) is 9.46. The van der Waals surface area contributed by atoms with Crippen molar-refractivity contribution in [1.82, 2.24) is 25.1 Å². The number of amides is 1. The van der Waals surface area contributed by atoms with Crippen LogP contribution >= 0.6 is 0 Å². The fraction of sp³-hybridized carbons (Fsp3) is 0.450. The molecule has 2 atom stereocenters. The van der Waals surface area contributed by atoms with Crippen LogP contribution in [0.3, 0.4) is 0 Å². The third-order valence-corrected chi connectivity index (χ3v) is 6.03.